The van der Waals surface area contributed by atoms with E-state index in [-0.39, 0.29) is 24.2 Å². The topological polar surface area (TPSA) is 148 Å². The fourth-order valence-corrected chi connectivity index (χ4v) is 4.75. The van der Waals surface area contributed by atoms with Gasteiger partial charge in [-0.1, -0.05) is 5.21 Å². The molecule has 4 heterocycles. The molecule has 1 fully saturated rings. The molecule has 4 aromatic rings. The first-order valence-corrected chi connectivity index (χ1v) is 12.8. The number of aromatic nitrogens is 7. The van der Waals surface area contributed by atoms with Crippen LogP contribution in [0.25, 0.3) is 28.1 Å². The van der Waals surface area contributed by atoms with Crippen molar-refractivity contribution in [3.8, 4) is 23.1 Å². The van der Waals surface area contributed by atoms with Crippen LogP contribution in [0, 0.1) is 11.3 Å². The number of fused-ring (bicyclic) bond motifs is 1. The van der Waals surface area contributed by atoms with E-state index in [0.29, 0.717) is 23.6 Å². The molecule has 1 aliphatic rings. The van der Waals surface area contributed by atoms with E-state index < -0.39 is 0 Å². The third kappa shape index (κ3) is 5.27. The fraction of sp³-hybridized carbons (Fsp3) is 0.423. The zero-order valence-electron chi connectivity index (χ0n) is 21.6. The van der Waals surface area contributed by atoms with Crippen LogP contribution in [0.2, 0.25) is 0 Å². The van der Waals surface area contributed by atoms with E-state index in [1.54, 1.807) is 30.1 Å². The number of nitriles is 1. The third-order valence-corrected chi connectivity index (χ3v) is 6.54. The average molecular weight is 515 g/mol. The van der Waals surface area contributed by atoms with Gasteiger partial charge in [-0.3, -0.25) is 0 Å². The molecule has 38 heavy (non-hydrogen) atoms. The first-order valence-electron chi connectivity index (χ1n) is 12.8. The Morgan fingerprint density at radius 3 is 2.74 bits per heavy atom. The molecule has 0 spiro atoms. The molecule has 0 radical (unpaired) electrons. The number of alkyl carbamates (subject to hydrolysis) is 1. The molecule has 0 atom stereocenters. The van der Waals surface area contributed by atoms with Gasteiger partial charge in [0.05, 0.1) is 30.6 Å². The number of rotatable bonds is 7. The quantitative estimate of drug-likeness (QED) is 0.373. The molecular formula is C26H30N10O2. The van der Waals surface area contributed by atoms with Crippen molar-refractivity contribution in [2.75, 3.05) is 11.9 Å². The van der Waals surface area contributed by atoms with Gasteiger partial charge in [-0.25, -0.2) is 19.4 Å². The highest BCUT2D eigenvalue weighted by molar-refractivity contribution is 5.79. The predicted octanol–water partition coefficient (Wildman–Crippen LogP) is 4.00. The number of carbonyl (C=O) groups is 1. The van der Waals surface area contributed by atoms with E-state index in [9.17, 15) is 4.79 Å². The van der Waals surface area contributed by atoms with Crippen molar-refractivity contribution in [2.45, 2.75) is 64.6 Å². The van der Waals surface area contributed by atoms with E-state index in [1.165, 1.54) is 6.20 Å². The van der Waals surface area contributed by atoms with Crippen molar-refractivity contribution in [2.24, 2.45) is 0 Å². The van der Waals surface area contributed by atoms with Crippen molar-refractivity contribution in [3.63, 3.8) is 0 Å². The minimum absolute atomic E-state index is 0.117. The Balaban J connectivity index is 1.37. The lowest BCUT2D eigenvalue weighted by molar-refractivity contribution is 0.142. The van der Waals surface area contributed by atoms with Crippen LogP contribution in [0.15, 0.2) is 36.9 Å². The summed E-state index contributed by atoms with van der Waals surface area (Å²) in [7, 11) is 0. The SMILES string of the molecule is CCOC(=O)NC1CCC(n2cc(-c3cnc(-n4ncc5cc(C#N)cnc54)cc3NC(C)C)nn2)CC1. The molecule has 1 saturated carbocycles. The largest absolute Gasteiger partial charge is 0.450 e. The number of ether oxygens (including phenoxy) is 1. The van der Waals surface area contributed by atoms with Crippen LogP contribution >= 0.6 is 0 Å². The summed E-state index contributed by atoms with van der Waals surface area (Å²) in [4.78, 5) is 20.8. The zero-order valence-corrected chi connectivity index (χ0v) is 21.6. The number of nitrogens with one attached hydrogen (secondary N) is 2. The lowest BCUT2D eigenvalue weighted by Gasteiger charge is -2.28. The summed E-state index contributed by atoms with van der Waals surface area (Å²) in [6.45, 7) is 6.30. The van der Waals surface area contributed by atoms with Gasteiger partial charge in [0, 0.05) is 47.2 Å². The maximum absolute atomic E-state index is 11.7. The van der Waals surface area contributed by atoms with Gasteiger partial charge in [-0.2, -0.15) is 15.0 Å². The molecule has 196 valence electrons. The molecule has 4 aromatic heterocycles. The molecule has 12 nitrogen and oxygen atoms in total. The molecule has 5 rings (SSSR count). The third-order valence-electron chi connectivity index (χ3n) is 6.54. The number of pyridine rings is 2. The Morgan fingerprint density at radius 1 is 1.18 bits per heavy atom. The Kier molecular flexibility index (Phi) is 7.17. The Morgan fingerprint density at radius 2 is 2.00 bits per heavy atom. The van der Waals surface area contributed by atoms with Crippen molar-refractivity contribution in [1.82, 2.24) is 40.1 Å². The highest BCUT2D eigenvalue weighted by atomic mass is 16.5. The highest BCUT2D eigenvalue weighted by Gasteiger charge is 2.25. The summed E-state index contributed by atoms with van der Waals surface area (Å²) < 4.78 is 8.57. The molecule has 0 aliphatic heterocycles. The lowest BCUT2D eigenvalue weighted by Crippen LogP contribution is -2.38. The van der Waals surface area contributed by atoms with E-state index in [4.69, 9.17) is 10.00 Å². The van der Waals surface area contributed by atoms with Crippen LogP contribution in [-0.4, -0.2) is 59.5 Å². The maximum Gasteiger partial charge on any atom is 0.407 e. The van der Waals surface area contributed by atoms with Gasteiger partial charge < -0.3 is 15.4 Å². The smallest absolute Gasteiger partial charge is 0.407 e. The number of nitrogens with zero attached hydrogens (tertiary/aromatic N) is 8. The number of hydrogen-bond donors (Lipinski definition) is 2. The van der Waals surface area contributed by atoms with Gasteiger partial charge in [0.15, 0.2) is 11.5 Å². The van der Waals surface area contributed by atoms with Crippen LogP contribution in [0.4, 0.5) is 10.5 Å². The number of carbonyl (C=O) groups excluding carboxylic acids is 1. The Bertz CT molecular complexity index is 1480. The van der Waals surface area contributed by atoms with Crippen LogP contribution in [0.3, 0.4) is 0 Å². The van der Waals surface area contributed by atoms with E-state index in [0.717, 1.165) is 48.0 Å². The molecule has 12 heteroatoms. The van der Waals surface area contributed by atoms with Crippen molar-refractivity contribution in [3.05, 3.63) is 42.5 Å². The first-order chi connectivity index (χ1) is 18.4. The van der Waals surface area contributed by atoms with Gasteiger partial charge in [0.25, 0.3) is 0 Å². The second-order valence-electron chi connectivity index (χ2n) is 9.65. The zero-order chi connectivity index (χ0) is 26.6. The number of amides is 1. The summed E-state index contributed by atoms with van der Waals surface area (Å²) in [5, 5.41) is 29.7. The van der Waals surface area contributed by atoms with Gasteiger partial charge in [-0.15, -0.1) is 5.10 Å². The summed E-state index contributed by atoms with van der Waals surface area (Å²) in [5.41, 5.74) is 3.52. The predicted molar refractivity (Wildman–Crippen MR) is 141 cm³/mol. The molecule has 2 N–H and O–H groups in total. The minimum atomic E-state index is -0.356. The Hall–Kier alpha value is -4.53. The molecule has 1 aliphatic carbocycles. The van der Waals surface area contributed by atoms with E-state index >= 15 is 0 Å². The standard InChI is InChI=1S/C26H30N10O2/c1-4-38-26(37)32-19-5-7-20(8-6-19)35-15-23(33-34-35)21-14-28-24(10-22(21)31-16(2)3)36-25-18(13-30-36)9-17(11-27)12-29-25/h9-10,12-16,19-20H,4-8H2,1-3H3,(H,28,31)(H,32,37). The fourth-order valence-electron chi connectivity index (χ4n) is 4.75. The summed E-state index contributed by atoms with van der Waals surface area (Å²) in [5.74, 6) is 0.601. The lowest BCUT2D eigenvalue weighted by atomic mass is 9.91. The van der Waals surface area contributed by atoms with Crippen LogP contribution in [-0.2, 0) is 4.74 Å². The number of hydrogen-bond acceptors (Lipinski definition) is 9. The van der Waals surface area contributed by atoms with Crippen molar-refractivity contribution < 1.29 is 9.53 Å². The van der Waals surface area contributed by atoms with Gasteiger partial charge in [0.1, 0.15) is 11.8 Å². The second-order valence-corrected chi connectivity index (χ2v) is 9.65. The molecule has 1 amide bonds. The van der Waals surface area contributed by atoms with Gasteiger partial charge >= 0.3 is 6.09 Å². The highest BCUT2D eigenvalue weighted by Crippen LogP contribution is 2.32. The molecule has 0 aromatic carbocycles. The maximum atomic E-state index is 11.7. The summed E-state index contributed by atoms with van der Waals surface area (Å²) in [6, 6.07) is 6.29. The van der Waals surface area contributed by atoms with E-state index in [1.807, 2.05) is 16.9 Å². The monoisotopic (exact) mass is 514 g/mol. The van der Waals surface area contributed by atoms with Crippen molar-refractivity contribution >= 4 is 22.8 Å². The van der Waals surface area contributed by atoms with Crippen molar-refractivity contribution in [1.29, 1.82) is 5.26 Å². The van der Waals surface area contributed by atoms with Gasteiger partial charge in [0.2, 0.25) is 0 Å². The van der Waals surface area contributed by atoms with Crippen LogP contribution in [0.1, 0.15) is 58.1 Å². The Labute approximate surface area is 220 Å². The average Bonchev–Trinajstić information content (AvgIpc) is 3.56. The number of anilines is 1. The van der Waals surface area contributed by atoms with E-state index in [2.05, 4.69) is 55.9 Å². The molecule has 0 unspecified atom stereocenters. The second kappa shape index (κ2) is 10.8. The molecular weight excluding hydrogens is 484 g/mol. The molecule has 0 bridgehead atoms. The van der Waals surface area contributed by atoms with Crippen LogP contribution < -0.4 is 10.6 Å². The van der Waals surface area contributed by atoms with Crippen LogP contribution in [0.5, 0.6) is 0 Å². The molecule has 0 saturated heterocycles. The minimum Gasteiger partial charge on any atom is -0.450 e. The normalized spacial score (nSPS) is 17.3. The van der Waals surface area contributed by atoms with Gasteiger partial charge in [-0.05, 0) is 52.5 Å². The first kappa shape index (κ1) is 25.1. The summed E-state index contributed by atoms with van der Waals surface area (Å²) in [6.07, 6.45) is 10.1. The summed E-state index contributed by atoms with van der Waals surface area (Å²) >= 11 is 0.